The third kappa shape index (κ3) is 3.14. The van der Waals surface area contributed by atoms with E-state index in [0.29, 0.717) is 30.3 Å². The summed E-state index contributed by atoms with van der Waals surface area (Å²) in [5, 5.41) is 4.69. The quantitative estimate of drug-likeness (QED) is 0.691. The average Bonchev–Trinajstić information content (AvgIpc) is 3.35. The molecule has 3 aromatic rings. The van der Waals surface area contributed by atoms with Crippen LogP contribution in [0.2, 0.25) is 0 Å². The number of carbonyl (C=O) groups excluding carboxylic acids is 1. The number of carbonyl (C=O) groups is 1. The highest BCUT2D eigenvalue weighted by atomic mass is 35.5. The zero-order valence-corrected chi connectivity index (χ0v) is 16.0. The molecule has 4 rings (SSSR count). The average molecular weight is 389 g/mol. The van der Waals surface area contributed by atoms with Crippen molar-refractivity contribution in [3.63, 3.8) is 0 Å². The highest BCUT2D eigenvalue weighted by Gasteiger charge is 2.34. The van der Waals surface area contributed by atoms with E-state index >= 15 is 0 Å². The Hall–Kier alpha value is -2.61. The van der Waals surface area contributed by atoms with Crippen LogP contribution in [-0.4, -0.2) is 57.1 Å². The normalized spacial score (nSPS) is 20.2. The first kappa shape index (κ1) is 17.8. The number of H-pyrrole nitrogens is 1. The summed E-state index contributed by atoms with van der Waals surface area (Å²) in [6.45, 7) is 3.50. The predicted octanol–water partition coefficient (Wildman–Crippen LogP) is 2.67. The SMILES string of the molecule is CC1CCN(C(=O)c2cnoc2CCl)C[C@@H]1N(C)c1ncnc2[nH]ccc12. The lowest BCUT2D eigenvalue weighted by Crippen LogP contribution is -2.53. The number of nitrogens with zero attached hydrogens (tertiary/aromatic N) is 5. The van der Waals surface area contributed by atoms with Gasteiger partial charge in [-0.2, -0.15) is 0 Å². The van der Waals surface area contributed by atoms with Gasteiger partial charge in [-0.15, -0.1) is 11.6 Å². The van der Waals surface area contributed by atoms with E-state index in [1.165, 1.54) is 6.20 Å². The van der Waals surface area contributed by atoms with Crippen LogP contribution in [0.5, 0.6) is 0 Å². The van der Waals surface area contributed by atoms with Crippen LogP contribution >= 0.6 is 11.6 Å². The molecule has 1 fully saturated rings. The molecule has 3 aromatic heterocycles. The zero-order chi connectivity index (χ0) is 19.0. The van der Waals surface area contributed by atoms with E-state index < -0.39 is 0 Å². The van der Waals surface area contributed by atoms with Crippen LogP contribution in [0.3, 0.4) is 0 Å². The topological polar surface area (TPSA) is 91.2 Å². The van der Waals surface area contributed by atoms with Crippen molar-refractivity contribution in [2.24, 2.45) is 5.92 Å². The summed E-state index contributed by atoms with van der Waals surface area (Å²) in [6, 6.07) is 2.11. The van der Waals surface area contributed by atoms with Gasteiger partial charge < -0.3 is 19.3 Å². The van der Waals surface area contributed by atoms with E-state index in [-0.39, 0.29) is 17.8 Å². The first-order chi connectivity index (χ1) is 13.1. The zero-order valence-electron chi connectivity index (χ0n) is 15.2. The molecule has 0 bridgehead atoms. The molecule has 8 nitrogen and oxygen atoms in total. The van der Waals surface area contributed by atoms with Gasteiger partial charge in [0.25, 0.3) is 5.91 Å². The molecular weight excluding hydrogens is 368 g/mol. The van der Waals surface area contributed by atoms with Crippen molar-refractivity contribution < 1.29 is 9.32 Å². The third-order valence-corrected chi connectivity index (χ3v) is 5.61. The van der Waals surface area contributed by atoms with Crippen molar-refractivity contribution >= 4 is 34.4 Å². The molecule has 1 saturated heterocycles. The number of aromatic nitrogens is 4. The summed E-state index contributed by atoms with van der Waals surface area (Å²) in [5.74, 6) is 1.72. The number of aromatic amines is 1. The second-order valence-electron chi connectivity index (χ2n) is 6.93. The van der Waals surface area contributed by atoms with Gasteiger partial charge in [0.05, 0.1) is 23.5 Å². The van der Waals surface area contributed by atoms with Crippen molar-refractivity contribution in [2.75, 3.05) is 25.0 Å². The van der Waals surface area contributed by atoms with Gasteiger partial charge in [0.15, 0.2) is 5.76 Å². The van der Waals surface area contributed by atoms with Crippen LogP contribution in [-0.2, 0) is 5.88 Å². The molecule has 1 amide bonds. The Morgan fingerprint density at radius 1 is 1.48 bits per heavy atom. The monoisotopic (exact) mass is 388 g/mol. The van der Waals surface area contributed by atoms with E-state index in [1.807, 2.05) is 24.2 Å². The number of hydrogen-bond donors (Lipinski definition) is 1. The number of likely N-dealkylation sites (N-methyl/N-ethyl adjacent to an activating group) is 1. The number of rotatable bonds is 4. The second-order valence-corrected chi connectivity index (χ2v) is 7.20. The number of fused-ring (bicyclic) bond motifs is 1. The lowest BCUT2D eigenvalue weighted by Gasteiger charge is -2.42. The van der Waals surface area contributed by atoms with E-state index in [0.717, 1.165) is 23.3 Å². The van der Waals surface area contributed by atoms with Gasteiger partial charge in [0.1, 0.15) is 23.4 Å². The lowest BCUT2D eigenvalue weighted by molar-refractivity contribution is 0.0668. The molecule has 0 aromatic carbocycles. The Morgan fingerprint density at radius 2 is 2.33 bits per heavy atom. The second kappa shape index (κ2) is 7.19. The van der Waals surface area contributed by atoms with Crippen molar-refractivity contribution in [2.45, 2.75) is 25.3 Å². The van der Waals surface area contributed by atoms with Crippen LogP contribution in [0.4, 0.5) is 5.82 Å². The van der Waals surface area contributed by atoms with Gasteiger partial charge in [0.2, 0.25) is 0 Å². The fraction of sp³-hybridized carbons (Fsp3) is 0.444. The predicted molar refractivity (Wildman–Crippen MR) is 102 cm³/mol. The van der Waals surface area contributed by atoms with Crippen LogP contribution in [0, 0.1) is 5.92 Å². The molecule has 9 heteroatoms. The Kier molecular flexibility index (Phi) is 4.73. The van der Waals surface area contributed by atoms with Gasteiger partial charge in [-0.05, 0) is 18.4 Å². The molecule has 0 aliphatic carbocycles. The molecular formula is C18H21ClN6O2. The number of hydrogen-bond acceptors (Lipinski definition) is 6. The standard InChI is InChI=1S/C18H21ClN6O2/c1-11-4-6-25(18(26)13-8-23-27-15(13)7-19)9-14(11)24(2)17-12-3-5-20-16(12)21-10-22-17/h3,5,8,10-11,14H,4,6-7,9H2,1-2H3,(H,20,21,22)/t11?,14-/m0/s1. The van der Waals surface area contributed by atoms with Gasteiger partial charge >= 0.3 is 0 Å². The number of halogens is 1. The molecule has 0 saturated carbocycles. The number of alkyl halides is 1. The summed E-state index contributed by atoms with van der Waals surface area (Å²) in [5.41, 5.74) is 1.25. The fourth-order valence-electron chi connectivity index (χ4n) is 3.74. The van der Waals surface area contributed by atoms with Crippen molar-refractivity contribution in [3.05, 3.63) is 36.1 Å². The largest absolute Gasteiger partial charge is 0.359 e. The number of anilines is 1. The summed E-state index contributed by atoms with van der Waals surface area (Å²) in [6.07, 6.45) is 5.77. The molecule has 1 aliphatic rings. The maximum absolute atomic E-state index is 12.9. The first-order valence-corrected chi connectivity index (χ1v) is 9.43. The van der Waals surface area contributed by atoms with Crippen LogP contribution in [0.15, 0.2) is 29.3 Å². The number of amides is 1. The summed E-state index contributed by atoms with van der Waals surface area (Å²) < 4.78 is 5.07. The van der Waals surface area contributed by atoms with Crippen LogP contribution in [0.1, 0.15) is 29.5 Å². The maximum Gasteiger partial charge on any atom is 0.259 e. The molecule has 2 atom stereocenters. The minimum absolute atomic E-state index is 0.0910. The Labute approximate surface area is 161 Å². The van der Waals surface area contributed by atoms with Crippen LogP contribution in [0.25, 0.3) is 11.0 Å². The van der Waals surface area contributed by atoms with Crippen molar-refractivity contribution in [1.29, 1.82) is 0 Å². The Balaban J connectivity index is 1.59. The molecule has 1 aliphatic heterocycles. The fourth-order valence-corrected chi connectivity index (χ4v) is 3.93. The number of likely N-dealkylation sites (tertiary alicyclic amines) is 1. The summed E-state index contributed by atoms with van der Waals surface area (Å²) in [4.78, 5) is 28.8. The highest BCUT2D eigenvalue weighted by Crippen LogP contribution is 2.29. The molecule has 0 spiro atoms. The summed E-state index contributed by atoms with van der Waals surface area (Å²) >= 11 is 5.85. The number of piperidine rings is 1. The summed E-state index contributed by atoms with van der Waals surface area (Å²) in [7, 11) is 2.02. The van der Waals surface area contributed by atoms with Crippen molar-refractivity contribution in [3.8, 4) is 0 Å². The molecule has 1 unspecified atom stereocenters. The maximum atomic E-state index is 12.9. The minimum atomic E-state index is -0.0910. The Morgan fingerprint density at radius 3 is 3.15 bits per heavy atom. The van der Waals surface area contributed by atoms with Gasteiger partial charge in [-0.3, -0.25) is 4.79 Å². The van der Waals surface area contributed by atoms with E-state index in [1.54, 1.807) is 6.33 Å². The van der Waals surface area contributed by atoms with E-state index in [4.69, 9.17) is 16.1 Å². The van der Waals surface area contributed by atoms with Gasteiger partial charge in [-0.25, -0.2) is 9.97 Å². The van der Waals surface area contributed by atoms with Gasteiger partial charge in [0, 0.05) is 26.3 Å². The Bertz CT molecular complexity index is 954. The first-order valence-electron chi connectivity index (χ1n) is 8.90. The molecule has 0 radical (unpaired) electrons. The minimum Gasteiger partial charge on any atom is -0.359 e. The molecule has 1 N–H and O–H groups in total. The molecule has 4 heterocycles. The third-order valence-electron chi connectivity index (χ3n) is 5.37. The van der Waals surface area contributed by atoms with E-state index in [9.17, 15) is 4.79 Å². The van der Waals surface area contributed by atoms with E-state index in [2.05, 4.69) is 31.9 Å². The molecule has 27 heavy (non-hydrogen) atoms. The molecule has 142 valence electrons. The number of nitrogens with one attached hydrogen (secondary N) is 1. The smallest absolute Gasteiger partial charge is 0.259 e. The lowest BCUT2D eigenvalue weighted by atomic mass is 9.92. The van der Waals surface area contributed by atoms with Gasteiger partial charge in [-0.1, -0.05) is 12.1 Å². The van der Waals surface area contributed by atoms with Crippen molar-refractivity contribution in [1.82, 2.24) is 25.0 Å². The highest BCUT2D eigenvalue weighted by molar-refractivity contribution is 6.17. The van der Waals surface area contributed by atoms with Crippen LogP contribution < -0.4 is 4.90 Å².